The summed E-state index contributed by atoms with van der Waals surface area (Å²) in [5.41, 5.74) is 1.69. The van der Waals surface area contributed by atoms with Gasteiger partial charge in [0, 0.05) is 63.9 Å². The summed E-state index contributed by atoms with van der Waals surface area (Å²) >= 11 is 0. The van der Waals surface area contributed by atoms with Gasteiger partial charge in [-0.2, -0.15) is 4.98 Å². The lowest BCUT2D eigenvalue weighted by Crippen LogP contribution is -2.52. The zero-order valence-electron chi connectivity index (χ0n) is 19.3. The molecule has 2 aliphatic rings. The number of carbonyl (C=O) groups is 2. The monoisotopic (exact) mass is 460 g/mol. The molecule has 3 aromatic rings. The predicted octanol–water partition coefficient (Wildman–Crippen LogP) is 2.71. The van der Waals surface area contributed by atoms with E-state index in [9.17, 15) is 9.59 Å². The van der Waals surface area contributed by atoms with Crippen LogP contribution in [0.4, 0.5) is 5.82 Å². The second-order valence-electron chi connectivity index (χ2n) is 8.76. The molecule has 1 aromatic carbocycles. The summed E-state index contributed by atoms with van der Waals surface area (Å²) in [5, 5.41) is 4.15. The largest absolute Gasteiger partial charge is 0.356 e. The molecule has 176 valence electrons. The number of benzene rings is 1. The topological polar surface area (TPSA) is 95.7 Å². The van der Waals surface area contributed by atoms with Gasteiger partial charge in [-0.3, -0.25) is 9.59 Å². The molecule has 5 rings (SSSR count). The SMILES string of the molecule is CC(=O)N1CCN(C(=O)C2CCN(c3ncccc3-c3nc(-c4ccccc4)no3)CC2)CC1. The molecule has 0 bridgehead atoms. The first-order valence-corrected chi connectivity index (χ1v) is 11.7. The van der Waals surface area contributed by atoms with Crippen LogP contribution < -0.4 is 4.90 Å². The zero-order chi connectivity index (χ0) is 23.5. The predicted molar refractivity (Wildman–Crippen MR) is 127 cm³/mol. The summed E-state index contributed by atoms with van der Waals surface area (Å²) in [5.74, 6) is 2.05. The molecule has 0 saturated carbocycles. The van der Waals surface area contributed by atoms with E-state index in [1.807, 2.05) is 47.4 Å². The van der Waals surface area contributed by atoms with Gasteiger partial charge in [-0.05, 0) is 25.0 Å². The van der Waals surface area contributed by atoms with Crippen molar-refractivity contribution in [3.63, 3.8) is 0 Å². The standard InChI is InChI=1S/C25H28N6O3/c1-18(32)29-14-16-31(17-15-29)25(33)20-9-12-30(13-10-20)23-21(8-5-11-26-23)24-27-22(28-34-24)19-6-3-2-4-7-19/h2-8,11,20H,9-10,12-17H2,1H3. The Morgan fingerprint density at radius 2 is 1.62 bits per heavy atom. The molecule has 2 fully saturated rings. The number of piperazine rings is 1. The van der Waals surface area contributed by atoms with E-state index in [-0.39, 0.29) is 17.7 Å². The van der Waals surface area contributed by atoms with E-state index in [4.69, 9.17) is 4.52 Å². The molecule has 34 heavy (non-hydrogen) atoms. The highest BCUT2D eigenvalue weighted by molar-refractivity contribution is 5.80. The summed E-state index contributed by atoms with van der Waals surface area (Å²) < 4.78 is 5.58. The Hall–Kier alpha value is -3.75. The highest BCUT2D eigenvalue weighted by Gasteiger charge is 2.32. The van der Waals surface area contributed by atoms with Gasteiger partial charge < -0.3 is 19.2 Å². The highest BCUT2D eigenvalue weighted by Crippen LogP contribution is 2.32. The van der Waals surface area contributed by atoms with Crippen LogP contribution in [0.3, 0.4) is 0 Å². The second kappa shape index (κ2) is 9.62. The van der Waals surface area contributed by atoms with Crippen LogP contribution in [0.2, 0.25) is 0 Å². The average molecular weight is 461 g/mol. The van der Waals surface area contributed by atoms with Crippen molar-refractivity contribution in [2.45, 2.75) is 19.8 Å². The number of amides is 2. The van der Waals surface area contributed by atoms with Gasteiger partial charge in [0.05, 0.1) is 5.56 Å². The van der Waals surface area contributed by atoms with Crippen LogP contribution in [0.5, 0.6) is 0 Å². The third-order valence-electron chi connectivity index (χ3n) is 6.66. The van der Waals surface area contributed by atoms with Gasteiger partial charge in [-0.25, -0.2) is 4.98 Å². The fraction of sp³-hybridized carbons (Fsp3) is 0.400. The van der Waals surface area contributed by atoms with Gasteiger partial charge in [0.2, 0.25) is 17.6 Å². The zero-order valence-corrected chi connectivity index (χ0v) is 19.3. The third kappa shape index (κ3) is 4.50. The molecule has 0 atom stereocenters. The van der Waals surface area contributed by atoms with Crippen molar-refractivity contribution in [3.05, 3.63) is 48.7 Å². The van der Waals surface area contributed by atoms with Crippen molar-refractivity contribution >= 4 is 17.6 Å². The number of piperidine rings is 1. The van der Waals surface area contributed by atoms with Crippen molar-refractivity contribution in [1.82, 2.24) is 24.9 Å². The number of hydrogen-bond donors (Lipinski definition) is 0. The third-order valence-corrected chi connectivity index (χ3v) is 6.66. The van der Waals surface area contributed by atoms with E-state index in [1.165, 1.54) is 0 Å². The molecule has 9 nitrogen and oxygen atoms in total. The molecule has 2 aromatic heterocycles. The van der Waals surface area contributed by atoms with Crippen LogP contribution in [0, 0.1) is 5.92 Å². The number of rotatable bonds is 4. The number of anilines is 1. The summed E-state index contributed by atoms with van der Waals surface area (Å²) in [6, 6.07) is 13.5. The number of pyridine rings is 1. The average Bonchev–Trinajstić information content (AvgIpc) is 3.39. The van der Waals surface area contributed by atoms with Crippen LogP contribution in [0.1, 0.15) is 19.8 Å². The molecule has 0 unspecified atom stereocenters. The van der Waals surface area contributed by atoms with Crippen molar-refractivity contribution in [3.8, 4) is 22.8 Å². The minimum atomic E-state index is 0.000350. The first-order valence-electron chi connectivity index (χ1n) is 11.7. The van der Waals surface area contributed by atoms with Crippen LogP contribution in [0.15, 0.2) is 53.2 Å². The van der Waals surface area contributed by atoms with Gasteiger partial charge in [-0.15, -0.1) is 0 Å². The van der Waals surface area contributed by atoms with E-state index in [2.05, 4.69) is 20.0 Å². The van der Waals surface area contributed by atoms with Crippen molar-refractivity contribution in [1.29, 1.82) is 0 Å². The van der Waals surface area contributed by atoms with E-state index in [1.54, 1.807) is 18.0 Å². The normalized spacial score (nSPS) is 17.1. The molecule has 2 saturated heterocycles. The quantitative estimate of drug-likeness (QED) is 0.591. The molecule has 9 heteroatoms. The summed E-state index contributed by atoms with van der Waals surface area (Å²) in [7, 11) is 0. The smallest absolute Gasteiger partial charge is 0.261 e. The number of aromatic nitrogens is 3. The Balaban J connectivity index is 1.25. The van der Waals surface area contributed by atoms with Gasteiger partial charge in [0.1, 0.15) is 5.82 Å². The van der Waals surface area contributed by atoms with Crippen LogP contribution in [-0.4, -0.2) is 76.0 Å². The molecular formula is C25H28N6O3. The van der Waals surface area contributed by atoms with E-state index >= 15 is 0 Å². The summed E-state index contributed by atoms with van der Waals surface area (Å²) in [6.45, 7) is 5.50. The Labute approximate surface area is 198 Å². The molecule has 0 spiro atoms. The molecule has 0 N–H and O–H groups in total. The van der Waals surface area contributed by atoms with Crippen LogP contribution in [-0.2, 0) is 9.59 Å². The Morgan fingerprint density at radius 3 is 2.32 bits per heavy atom. The van der Waals surface area contributed by atoms with Gasteiger partial charge >= 0.3 is 0 Å². The lowest BCUT2D eigenvalue weighted by molar-refractivity contribution is -0.141. The van der Waals surface area contributed by atoms with Gasteiger partial charge in [0.25, 0.3) is 5.89 Å². The highest BCUT2D eigenvalue weighted by atomic mass is 16.5. The number of carbonyl (C=O) groups excluding carboxylic acids is 2. The van der Waals surface area contributed by atoms with E-state index in [0.717, 1.165) is 42.9 Å². The van der Waals surface area contributed by atoms with Crippen molar-refractivity contribution in [2.24, 2.45) is 5.92 Å². The Bertz CT molecular complexity index is 1150. The fourth-order valence-corrected chi connectivity index (χ4v) is 4.69. The molecule has 0 aliphatic carbocycles. The molecule has 2 aliphatic heterocycles. The lowest BCUT2D eigenvalue weighted by Gasteiger charge is -2.38. The van der Waals surface area contributed by atoms with Gasteiger partial charge in [0.15, 0.2) is 0 Å². The molecular weight excluding hydrogens is 432 g/mol. The maximum atomic E-state index is 13.1. The Kier molecular flexibility index (Phi) is 6.24. The van der Waals surface area contributed by atoms with Crippen molar-refractivity contribution < 1.29 is 14.1 Å². The molecule has 0 radical (unpaired) electrons. The van der Waals surface area contributed by atoms with Crippen LogP contribution >= 0.6 is 0 Å². The summed E-state index contributed by atoms with van der Waals surface area (Å²) in [6.07, 6.45) is 3.29. The first kappa shape index (κ1) is 22.1. The molecule has 2 amide bonds. The van der Waals surface area contributed by atoms with Crippen molar-refractivity contribution in [2.75, 3.05) is 44.2 Å². The minimum absolute atomic E-state index is 0.000350. The van der Waals surface area contributed by atoms with E-state index in [0.29, 0.717) is 37.9 Å². The molecule has 4 heterocycles. The fourth-order valence-electron chi connectivity index (χ4n) is 4.69. The van der Waals surface area contributed by atoms with Crippen LogP contribution in [0.25, 0.3) is 22.8 Å². The number of nitrogens with zero attached hydrogens (tertiary/aromatic N) is 6. The van der Waals surface area contributed by atoms with Gasteiger partial charge in [-0.1, -0.05) is 35.5 Å². The Morgan fingerprint density at radius 1 is 0.912 bits per heavy atom. The minimum Gasteiger partial charge on any atom is -0.356 e. The maximum absolute atomic E-state index is 13.1. The first-order chi connectivity index (χ1) is 16.6. The second-order valence-corrected chi connectivity index (χ2v) is 8.76. The maximum Gasteiger partial charge on any atom is 0.261 e. The lowest BCUT2D eigenvalue weighted by atomic mass is 9.94. The number of hydrogen-bond acceptors (Lipinski definition) is 7. The summed E-state index contributed by atoms with van der Waals surface area (Å²) in [4.78, 5) is 39.7. The van der Waals surface area contributed by atoms with E-state index < -0.39 is 0 Å².